The highest BCUT2D eigenvalue weighted by molar-refractivity contribution is 7.88. The van der Waals surface area contributed by atoms with Gasteiger partial charge in [-0.25, -0.2) is 13.1 Å². The van der Waals surface area contributed by atoms with Gasteiger partial charge in [-0.2, -0.15) is 0 Å². The molecule has 0 aliphatic rings. The van der Waals surface area contributed by atoms with E-state index in [1.807, 2.05) is 4.72 Å². The fourth-order valence-corrected chi connectivity index (χ4v) is 2.87. The third kappa shape index (κ3) is 4.45. The molecule has 0 heterocycles. The van der Waals surface area contributed by atoms with Crippen LogP contribution < -0.4 is 4.72 Å². The average Bonchev–Trinajstić information content (AvgIpc) is 2.22. The number of benzene rings is 1. The van der Waals surface area contributed by atoms with Crippen molar-refractivity contribution in [1.82, 2.24) is 4.72 Å². The molecule has 0 unspecified atom stereocenters. The number of sulfonamides is 1. The molecule has 0 radical (unpaired) electrons. The second-order valence-electron chi connectivity index (χ2n) is 3.69. The second kappa shape index (κ2) is 5.88. The van der Waals surface area contributed by atoms with E-state index in [9.17, 15) is 13.2 Å². The van der Waals surface area contributed by atoms with Gasteiger partial charge < -0.3 is 5.11 Å². The molecule has 0 saturated heterocycles. The minimum atomic E-state index is -3.74. The molecule has 1 aromatic rings. The molecule has 0 aliphatic carbocycles. The quantitative estimate of drug-likeness (QED) is 0.869. The molecular formula is C10H11Cl2NO4S. The van der Waals surface area contributed by atoms with Crippen LogP contribution in [0, 0.1) is 0 Å². The Morgan fingerprint density at radius 3 is 2.50 bits per heavy atom. The number of rotatable bonds is 5. The van der Waals surface area contributed by atoms with E-state index in [1.165, 1.54) is 25.1 Å². The van der Waals surface area contributed by atoms with E-state index in [0.717, 1.165) is 0 Å². The van der Waals surface area contributed by atoms with Gasteiger partial charge in [0.2, 0.25) is 10.0 Å². The fraction of sp³-hybridized carbons (Fsp3) is 0.300. The maximum atomic E-state index is 11.7. The van der Waals surface area contributed by atoms with Crippen LogP contribution in [-0.4, -0.2) is 25.5 Å². The third-order valence-corrected chi connectivity index (χ3v) is 4.23. The highest BCUT2D eigenvalue weighted by Crippen LogP contribution is 2.23. The Kier molecular flexibility index (Phi) is 4.98. The molecule has 18 heavy (non-hydrogen) atoms. The Hall–Kier alpha value is -0.820. The maximum absolute atomic E-state index is 11.7. The Labute approximate surface area is 115 Å². The van der Waals surface area contributed by atoms with Gasteiger partial charge in [-0.1, -0.05) is 29.3 Å². The van der Waals surface area contributed by atoms with Crippen molar-refractivity contribution in [2.24, 2.45) is 0 Å². The van der Waals surface area contributed by atoms with Crippen LogP contribution in [0.2, 0.25) is 10.0 Å². The molecule has 8 heteroatoms. The number of hydrogen-bond donors (Lipinski definition) is 2. The predicted octanol–water partition coefficient (Wildman–Crippen LogP) is 1.89. The largest absolute Gasteiger partial charge is 0.480 e. The van der Waals surface area contributed by atoms with E-state index in [-0.39, 0.29) is 10.8 Å². The van der Waals surface area contributed by atoms with Crippen LogP contribution in [0.5, 0.6) is 0 Å². The van der Waals surface area contributed by atoms with Crippen LogP contribution in [0.25, 0.3) is 0 Å². The summed E-state index contributed by atoms with van der Waals surface area (Å²) < 4.78 is 25.4. The van der Waals surface area contributed by atoms with Gasteiger partial charge >= 0.3 is 5.97 Å². The molecule has 1 atom stereocenters. The summed E-state index contributed by atoms with van der Waals surface area (Å²) in [5, 5.41) is 9.20. The van der Waals surface area contributed by atoms with Gasteiger partial charge in [-0.15, -0.1) is 0 Å². The summed E-state index contributed by atoms with van der Waals surface area (Å²) in [6.45, 7) is 1.24. The third-order valence-electron chi connectivity index (χ3n) is 2.07. The molecule has 0 aromatic heterocycles. The van der Waals surface area contributed by atoms with Crippen molar-refractivity contribution in [2.75, 3.05) is 0 Å². The minimum absolute atomic E-state index is 0.246. The van der Waals surface area contributed by atoms with Crippen molar-refractivity contribution in [3.63, 3.8) is 0 Å². The zero-order valence-corrected chi connectivity index (χ0v) is 11.7. The molecule has 0 saturated carbocycles. The van der Waals surface area contributed by atoms with Crippen molar-refractivity contribution < 1.29 is 18.3 Å². The molecule has 100 valence electrons. The lowest BCUT2D eigenvalue weighted by molar-refractivity contribution is -0.138. The molecule has 0 bridgehead atoms. The summed E-state index contributed by atoms with van der Waals surface area (Å²) in [6, 6.07) is 3.24. The zero-order valence-electron chi connectivity index (χ0n) is 9.35. The Morgan fingerprint density at radius 1 is 1.39 bits per heavy atom. The summed E-state index contributed by atoms with van der Waals surface area (Å²) in [5.74, 6) is -1.60. The van der Waals surface area contributed by atoms with E-state index >= 15 is 0 Å². The van der Waals surface area contributed by atoms with Gasteiger partial charge in [0.1, 0.15) is 6.04 Å². The fourth-order valence-electron chi connectivity index (χ4n) is 1.21. The Bertz CT molecular complexity index is 559. The standard InChI is InChI=1S/C10H11Cl2NO4S/c1-6(10(14)15)13-18(16,17)5-7-2-3-8(11)9(12)4-7/h2-4,6,13H,5H2,1H3,(H,14,15)/t6-/m0/s1. The first kappa shape index (κ1) is 15.2. The van der Waals surface area contributed by atoms with Crippen LogP contribution in [0.1, 0.15) is 12.5 Å². The Balaban J connectivity index is 2.82. The van der Waals surface area contributed by atoms with E-state index in [4.69, 9.17) is 28.3 Å². The van der Waals surface area contributed by atoms with Gasteiger partial charge in [0.05, 0.1) is 15.8 Å². The second-order valence-corrected chi connectivity index (χ2v) is 6.25. The molecular weight excluding hydrogens is 301 g/mol. The first-order valence-electron chi connectivity index (χ1n) is 4.88. The van der Waals surface area contributed by atoms with Crippen LogP contribution in [0.15, 0.2) is 18.2 Å². The van der Waals surface area contributed by atoms with Gasteiger partial charge in [0, 0.05) is 0 Å². The monoisotopic (exact) mass is 311 g/mol. The minimum Gasteiger partial charge on any atom is -0.480 e. The molecule has 2 N–H and O–H groups in total. The lowest BCUT2D eigenvalue weighted by atomic mass is 10.2. The number of carbonyl (C=O) groups is 1. The number of aliphatic carboxylic acids is 1. The van der Waals surface area contributed by atoms with Gasteiger partial charge in [0.25, 0.3) is 0 Å². The summed E-state index contributed by atoms with van der Waals surface area (Å²) in [5.41, 5.74) is 0.425. The molecule has 0 amide bonds. The normalized spacial score (nSPS) is 13.3. The SMILES string of the molecule is C[C@H](NS(=O)(=O)Cc1ccc(Cl)c(Cl)c1)C(=O)O. The number of hydrogen-bond acceptors (Lipinski definition) is 3. The zero-order chi connectivity index (χ0) is 13.9. The highest BCUT2D eigenvalue weighted by atomic mass is 35.5. The summed E-state index contributed by atoms with van der Waals surface area (Å²) >= 11 is 11.5. The van der Waals surface area contributed by atoms with E-state index < -0.39 is 22.0 Å². The van der Waals surface area contributed by atoms with Crippen LogP contribution in [-0.2, 0) is 20.6 Å². The topological polar surface area (TPSA) is 83.5 Å². The van der Waals surface area contributed by atoms with Crippen LogP contribution >= 0.6 is 23.2 Å². The van der Waals surface area contributed by atoms with Crippen molar-refractivity contribution in [3.8, 4) is 0 Å². The lowest BCUT2D eigenvalue weighted by Gasteiger charge is -2.10. The number of carboxylic acid groups (broad SMARTS) is 1. The van der Waals surface area contributed by atoms with Crippen molar-refractivity contribution in [3.05, 3.63) is 33.8 Å². The van der Waals surface area contributed by atoms with Crippen LogP contribution in [0.3, 0.4) is 0 Å². The van der Waals surface area contributed by atoms with Crippen molar-refractivity contribution in [1.29, 1.82) is 0 Å². The molecule has 0 spiro atoms. The van der Waals surface area contributed by atoms with Crippen LogP contribution in [0.4, 0.5) is 0 Å². The van der Waals surface area contributed by atoms with E-state index in [1.54, 1.807) is 0 Å². The number of nitrogens with one attached hydrogen (secondary N) is 1. The van der Waals surface area contributed by atoms with Gasteiger partial charge in [-0.3, -0.25) is 4.79 Å². The summed E-state index contributed by atoms with van der Waals surface area (Å²) in [7, 11) is -3.74. The van der Waals surface area contributed by atoms with Gasteiger partial charge in [-0.05, 0) is 24.6 Å². The average molecular weight is 312 g/mol. The van der Waals surface area contributed by atoms with E-state index in [2.05, 4.69) is 0 Å². The maximum Gasteiger partial charge on any atom is 0.321 e. The van der Waals surface area contributed by atoms with Crippen molar-refractivity contribution in [2.45, 2.75) is 18.7 Å². The van der Waals surface area contributed by atoms with Gasteiger partial charge in [0.15, 0.2) is 0 Å². The molecule has 1 rings (SSSR count). The van der Waals surface area contributed by atoms with Crippen molar-refractivity contribution >= 4 is 39.2 Å². The number of carboxylic acids is 1. The first-order chi connectivity index (χ1) is 8.21. The predicted molar refractivity (Wildman–Crippen MR) is 69.3 cm³/mol. The Morgan fingerprint density at radius 2 is 2.00 bits per heavy atom. The summed E-state index contributed by atoms with van der Waals surface area (Å²) in [6.07, 6.45) is 0. The molecule has 1 aromatic carbocycles. The molecule has 0 fully saturated rings. The highest BCUT2D eigenvalue weighted by Gasteiger charge is 2.20. The lowest BCUT2D eigenvalue weighted by Crippen LogP contribution is -2.38. The first-order valence-corrected chi connectivity index (χ1v) is 7.29. The summed E-state index contributed by atoms with van der Waals surface area (Å²) in [4.78, 5) is 10.6. The smallest absolute Gasteiger partial charge is 0.321 e. The van der Waals surface area contributed by atoms with E-state index in [0.29, 0.717) is 10.6 Å². The number of halogens is 2. The molecule has 0 aliphatic heterocycles. The molecule has 5 nitrogen and oxygen atoms in total.